The molecule has 0 spiro atoms. The minimum atomic E-state index is -4.41. The van der Waals surface area contributed by atoms with E-state index in [2.05, 4.69) is 10.8 Å². The number of hydrogen-bond donors (Lipinski definition) is 3. The summed E-state index contributed by atoms with van der Waals surface area (Å²) in [6.07, 6.45) is 1.00. The molecule has 3 aromatic carbocycles. The predicted octanol–water partition coefficient (Wildman–Crippen LogP) is 8.24. The zero-order valence-corrected chi connectivity index (χ0v) is 26.9. The lowest BCUT2D eigenvalue weighted by atomic mass is 10.1. The van der Waals surface area contributed by atoms with Gasteiger partial charge in [-0.1, -0.05) is 66.9 Å². The van der Waals surface area contributed by atoms with E-state index < -0.39 is 11.7 Å². The number of halogens is 5. The molecule has 1 aromatic heterocycles. The van der Waals surface area contributed by atoms with Crippen LogP contribution in [0.2, 0.25) is 10.0 Å². The van der Waals surface area contributed by atoms with Crippen LogP contribution in [0.5, 0.6) is 0 Å². The summed E-state index contributed by atoms with van der Waals surface area (Å²) in [7, 11) is 0. The van der Waals surface area contributed by atoms with Crippen molar-refractivity contribution in [3.05, 3.63) is 111 Å². The van der Waals surface area contributed by atoms with Crippen molar-refractivity contribution in [2.45, 2.75) is 45.2 Å². The van der Waals surface area contributed by atoms with Gasteiger partial charge in [-0.2, -0.15) is 13.2 Å². The molecule has 1 heterocycles. The highest BCUT2D eigenvalue weighted by molar-refractivity contribution is 6.33. The lowest BCUT2D eigenvalue weighted by Crippen LogP contribution is -2.26. The van der Waals surface area contributed by atoms with Crippen molar-refractivity contribution < 1.29 is 22.8 Å². The molecule has 0 unspecified atom stereocenters. The molecule has 0 saturated heterocycles. The van der Waals surface area contributed by atoms with Crippen LogP contribution >= 0.6 is 23.2 Å². The average molecular weight is 675 g/mol. The van der Waals surface area contributed by atoms with E-state index in [1.54, 1.807) is 18.2 Å². The lowest BCUT2D eigenvalue weighted by molar-refractivity contribution is -0.137. The number of amides is 1. The van der Waals surface area contributed by atoms with Crippen molar-refractivity contribution in [3.8, 4) is 17.1 Å². The summed E-state index contributed by atoms with van der Waals surface area (Å²) in [5.41, 5.74) is 11.3. The summed E-state index contributed by atoms with van der Waals surface area (Å²) < 4.78 is 40.9. The summed E-state index contributed by atoms with van der Waals surface area (Å²) in [5.74, 6) is 0.290. The fourth-order valence-corrected chi connectivity index (χ4v) is 5.22. The Labute approximate surface area is 276 Å². The molecule has 4 rings (SSSR count). The second kappa shape index (κ2) is 16.6. The Morgan fingerprint density at radius 3 is 2.37 bits per heavy atom. The van der Waals surface area contributed by atoms with E-state index >= 15 is 0 Å². The Morgan fingerprint density at radius 2 is 1.72 bits per heavy atom. The number of nitrogens with two attached hydrogens (primary N) is 1. The van der Waals surface area contributed by atoms with Crippen LogP contribution in [0.3, 0.4) is 0 Å². The van der Waals surface area contributed by atoms with Crippen molar-refractivity contribution >= 4 is 34.8 Å². The van der Waals surface area contributed by atoms with Gasteiger partial charge in [-0.3, -0.25) is 19.7 Å². The van der Waals surface area contributed by atoms with Gasteiger partial charge in [-0.25, -0.2) is 4.98 Å². The molecule has 0 aliphatic heterocycles. The van der Waals surface area contributed by atoms with Gasteiger partial charge in [0, 0.05) is 29.4 Å². The first-order valence-corrected chi connectivity index (χ1v) is 15.8. The smallest absolute Gasteiger partial charge is 0.351 e. The van der Waals surface area contributed by atoms with Gasteiger partial charge in [0.1, 0.15) is 11.5 Å². The fraction of sp³-hybridized carbons (Fsp3) is 0.294. The second-order valence-electron chi connectivity index (χ2n) is 10.4. The fourth-order valence-electron chi connectivity index (χ4n) is 4.88. The highest BCUT2D eigenvalue weighted by Gasteiger charge is 2.30. The number of imidazole rings is 1. The van der Waals surface area contributed by atoms with E-state index in [-0.39, 0.29) is 12.5 Å². The maximum atomic E-state index is 13.4. The van der Waals surface area contributed by atoms with E-state index in [0.29, 0.717) is 64.3 Å². The third-order valence-corrected chi connectivity index (χ3v) is 7.74. The highest BCUT2D eigenvalue weighted by atomic mass is 35.5. The number of aromatic nitrogens is 2. The number of alkyl halides is 3. The van der Waals surface area contributed by atoms with Crippen LogP contribution in [0.4, 0.5) is 13.2 Å². The summed E-state index contributed by atoms with van der Waals surface area (Å²) in [4.78, 5) is 23.5. The monoisotopic (exact) mass is 673 g/mol. The first-order valence-electron chi connectivity index (χ1n) is 15.0. The normalized spacial score (nSPS) is 11.9. The maximum Gasteiger partial charge on any atom is 0.416 e. The van der Waals surface area contributed by atoms with Crippen LogP contribution in [0.25, 0.3) is 22.8 Å². The second-order valence-corrected chi connectivity index (χ2v) is 11.3. The standard InChI is InChI=1S/C34H36Cl2F3N5O2/c1-2-30-31(42-32(27-9-6-7-10-28(27)36)44(30)26-18-16-25(35)17-19-26)33(45)41-21-8-4-3-5-11-29(43-46-22-20-40)23-12-14-24(15-13-23)34(37,38)39/h6-7,9-19,43H,2-5,8,20-22,40H2,1H3,(H,41,45)/b29-11+. The molecule has 0 bridgehead atoms. The van der Waals surface area contributed by atoms with Gasteiger partial charge in [0.05, 0.1) is 28.6 Å². The van der Waals surface area contributed by atoms with E-state index in [1.807, 2.05) is 47.9 Å². The number of allylic oxidation sites excluding steroid dienone is 1. The van der Waals surface area contributed by atoms with Gasteiger partial charge in [-0.05, 0) is 79.8 Å². The molecule has 0 atom stereocenters. The number of benzene rings is 3. The van der Waals surface area contributed by atoms with Crippen molar-refractivity contribution in [2.24, 2.45) is 5.73 Å². The number of carbonyl (C=O) groups excluding carboxylic acids is 1. The molecule has 46 heavy (non-hydrogen) atoms. The molecule has 12 heteroatoms. The Hall–Kier alpha value is -3.83. The van der Waals surface area contributed by atoms with Crippen LogP contribution in [-0.2, 0) is 17.4 Å². The first-order chi connectivity index (χ1) is 22.1. The van der Waals surface area contributed by atoms with Crippen molar-refractivity contribution in [2.75, 3.05) is 19.7 Å². The van der Waals surface area contributed by atoms with Gasteiger partial charge in [-0.15, -0.1) is 0 Å². The Morgan fingerprint density at radius 1 is 1.00 bits per heavy atom. The van der Waals surface area contributed by atoms with Crippen LogP contribution in [0.15, 0.2) is 78.9 Å². The summed E-state index contributed by atoms with van der Waals surface area (Å²) >= 11 is 12.7. The Bertz CT molecular complexity index is 1620. The van der Waals surface area contributed by atoms with Crippen molar-refractivity contribution in [1.82, 2.24) is 20.3 Å². The molecule has 7 nitrogen and oxygen atoms in total. The SMILES string of the molecule is CCc1c(C(=O)NCCCCC/C=C(/NOCCN)c2ccc(C(F)(F)F)cc2)nc(-c2ccccc2Cl)n1-c1ccc(Cl)cc1. The number of hydroxylamine groups is 1. The predicted molar refractivity (Wildman–Crippen MR) is 177 cm³/mol. The Kier molecular flexibility index (Phi) is 12.7. The van der Waals surface area contributed by atoms with Crippen LogP contribution < -0.4 is 16.5 Å². The summed E-state index contributed by atoms with van der Waals surface area (Å²) in [6.45, 7) is 2.96. The first kappa shape index (κ1) is 35.0. The molecule has 1 amide bonds. The third kappa shape index (κ3) is 9.13. The molecular formula is C34H36Cl2F3N5O2. The third-order valence-electron chi connectivity index (χ3n) is 7.16. The average Bonchev–Trinajstić information content (AvgIpc) is 3.43. The number of unbranched alkanes of at least 4 members (excludes halogenated alkanes) is 3. The molecule has 4 N–H and O–H groups in total. The maximum absolute atomic E-state index is 13.4. The number of nitrogens with zero attached hydrogens (tertiary/aromatic N) is 2. The molecular weight excluding hydrogens is 638 g/mol. The van der Waals surface area contributed by atoms with E-state index in [1.165, 1.54) is 12.1 Å². The van der Waals surface area contributed by atoms with Gasteiger partial charge >= 0.3 is 6.18 Å². The minimum absolute atomic E-state index is 0.245. The van der Waals surface area contributed by atoms with Gasteiger partial charge in [0.25, 0.3) is 5.91 Å². The van der Waals surface area contributed by atoms with Crippen molar-refractivity contribution in [1.29, 1.82) is 0 Å². The van der Waals surface area contributed by atoms with Gasteiger partial charge in [0.15, 0.2) is 0 Å². The van der Waals surface area contributed by atoms with E-state index in [0.717, 1.165) is 42.8 Å². The van der Waals surface area contributed by atoms with E-state index in [9.17, 15) is 18.0 Å². The zero-order chi connectivity index (χ0) is 33.1. The molecule has 0 saturated carbocycles. The van der Waals surface area contributed by atoms with Crippen LogP contribution in [0, 0.1) is 0 Å². The molecule has 244 valence electrons. The number of hydrogen-bond acceptors (Lipinski definition) is 5. The quantitative estimate of drug-likeness (QED) is 0.0873. The molecule has 0 aliphatic carbocycles. The van der Waals surface area contributed by atoms with Crippen molar-refractivity contribution in [3.63, 3.8) is 0 Å². The van der Waals surface area contributed by atoms with Gasteiger partial charge in [0.2, 0.25) is 0 Å². The number of nitrogens with one attached hydrogen (secondary N) is 2. The topological polar surface area (TPSA) is 94.2 Å². The molecule has 0 radical (unpaired) electrons. The summed E-state index contributed by atoms with van der Waals surface area (Å²) in [6, 6.07) is 19.6. The molecule has 0 fully saturated rings. The van der Waals surface area contributed by atoms with E-state index in [4.69, 9.17) is 38.8 Å². The van der Waals surface area contributed by atoms with Crippen LogP contribution in [0.1, 0.15) is 59.9 Å². The zero-order valence-electron chi connectivity index (χ0n) is 25.3. The number of rotatable bonds is 15. The van der Waals surface area contributed by atoms with Crippen LogP contribution in [-0.4, -0.2) is 35.2 Å². The summed E-state index contributed by atoms with van der Waals surface area (Å²) in [5, 5.41) is 4.12. The highest BCUT2D eigenvalue weighted by Crippen LogP contribution is 2.33. The minimum Gasteiger partial charge on any atom is -0.351 e. The lowest BCUT2D eigenvalue weighted by Gasteiger charge is -2.13. The number of carbonyl (C=O) groups is 1. The molecule has 0 aliphatic rings. The Balaban J connectivity index is 1.39. The molecule has 4 aromatic rings. The van der Waals surface area contributed by atoms with Gasteiger partial charge < -0.3 is 11.1 Å². The largest absolute Gasteiger partial charge is 0.416 e.